The second kappa shape index (κ2) is 7.40. The molecule has 2 rings (SSSR count). The average molecular weight is 328 g/mol. The molecule has 0 unspecified atom stereocenters. The number of nitrogens with two attached hydrogens (primary N) is 1. The Morgan fingerprint density at radius 2 is 2.00 bits per heavy atom. The average Bonchev–Trinajstić information content (AvgIpc) is 3.09. The molecule has 0 fully saturated rings. The van der Waals surface area contributed by atoms with Gasteiger partial charge in [-0.05, 0) is 25.3 Å². The van der Waals surface area contributed by atoms with Crippen LogP contribution in [-0.2, 0) is 4.79 Å². The number of nitriles is 1. The number of quaternary nitrogens is 1. The van der Waals surface area contributed by atoms with Crippen LogP contribution in [0.1, 0.15) is 30.3 Å². The maximum absolute atomic E-state index is 12.4. The molecule has 120 valence electrons. The fourth-order valence-electron chi connectivity index (χ4n) is 2.29. The van der Waals surface area contributed by atoms with Crippen LogP contribution >= 0.6 is 11.3 Å². The SMILES string of the molecule is CN(C(=O)C[NH2+][C@@H](c1ccccc1)c1cccs1)C(C)(C)C#N. The number of hydrogen-bond acceptors (Lipinski definition) is 3. The lowest BCUT2D eigenvalue weighted by Crippen LogP contribution is -2.88. The summed E-state index contributed by atoms with van der Waals surface area (Å²) in [7, 11) is 1.68. The van der Waals surface area contributed by atoms with Gasteiger partial charge in [0.05, 0.1) is 10.9 Å². The van der Waals surface area contributed by atoms with E-state index < -0.39 is 5.54 Å². The molecule has 2 N–H and O–H groups in total. The Morgan fingerprint density at radius 3 is 2.57 bits per heavy atom. The van der Waals surface area contributed by atoms with Crippen molar-refractivity contribution in [1.82, 2.24) is 4.90 Å². The molecule has 0 aliphatic heterocycles. The summed E-state index contributed by atoms with van der Waals surface area (Å²) < 4.78 is 0. The molecule has 4 nitrogen and oxygen atoms in total. The first kappa shape index (κ1) is 17.2. The lowest BCUT2D eigenvalue weighted by molar-refractivity contribution is -0.676. The smallest absolute Gasteiger partial charge is 0.278 e. The lowest BCUT2D eigenvalue weighted by atomic mass is 10.0. The van der Waals surface area contributed by atoms with Gasteiger partial charge in [-0.3, -0.25) is 4.79 Å². The standard InChI is InChI=1S/C18H21N3OS/c1-18(2,13-19)21(3)16(22)12-20-17(15-10-7-11-23-15)14-8-5-4-6-9-14/h4-11,17,20H,12H2,1-3H3/p+1/t17-/m0/s1. The zero-order valence-electron chi connectivity index (χ0n) is 13.7. The predicted octanol–water partition coefficient (Wildman–Crippen LogP) is 2.16. The number of benzene rings is 1. The molecular formula is C18H22N3OS+. The van der Waals surface area contributed by atoms with Gasteiger partial charge in [-0.25, -0.2) is 0 Å². The summed E-state index contributed by atoms with van der Waals surface area (Å²) in [5.74, 6) is -0.0472. The highest BCUT2D eigenvalue weighted by Crippen LogP contribution is 2.22. The second-order valence-corrected chi connectivity index (χ2v) is 6.95. The summed E-state index contributed by atoms with van der Waals surface area (Å²) in [5.41, 5.74) is 0.376. The Morgan fingerprint density at radius 1 is 1.30 bits per heavy atom. The van der Waals surface area contributed by atoms with Crippen molar-refractivity contribution in [2.24, 2.45) is 0 Å². The van der Waals surface area contributed by atoms with Crippen LogP contribution in [0.2, 0.25) is 0 Å². The number of hydrogen-bond donors (Lipinski definition) is 1. The van der Waals surface area contributed by atoms with E-state index in [9.17, 15) is 4.79 Å². The summed E-state index contributed by atoms with van der Waals surface area (Å²) >= 11 is 1.69. The predicted molar refractivity (Wildman–Crippen MR) is 91.9 cm³/mol. The molecule has 0 bridgehead atoms. The molecule has 23 heavy (non-hydrogen) atoms. The summed E-state index contributed by atoms with van der Waals surface area (Å²) in [6, 6.07) is 16.5. The van der Waals surface area contributed by atoms with Gasteiger partial charge in [0.1, 0.15) is 11.6 Å². The molecule has 1 aromatic heterocycles. The van der Waals surface area contributed by atoms with Crippen molar-refractivity contribution < 1.29 is 10.1 Å². The molecule has 0 aliphatic carbocycles. The normalized spacial score (nSPS) is 12.4. The van der Waals surface area contributed by atoms with E-state index in [0.717, 1.165) is 0 Å². The van der Waals surface area contributed by atoms with Crippen molar-refractivity contribution in [2.45, 2.75) is 25.4 Å². The maximum Gasteiger partial charge on any atom is 0.278 e. The number of nitrogens with zero attached hydrogens (tertiary/aromatic N) is 2. The van der Waals surface area contributed by atoms with Gasteiger partial charge in [-0.2, -0.15) is 5.26 Å². The van der Waals surface area contributed by atoms with Crippen LogP contribution < -0.4 is 5.32 Å². The second-order valence-electron chi connectivity index (χ2n) is 5.97. The van der Waals surface area contributed by atoms with Crippen LogP contribution in [0.4, 0.5) is 0 Å². The number of rotatable bonds is 6. The Bertz CT molecular complexity index is 674. The Balaban J connectivity index is 2.12. The van der Waals surface area contributed by atoms with Crippen LogP contribution in [0.3, 0.4) is 0 Å². The summed E-state index contributed by atoms with van der Waals surface area (Å²) in [6.07, 6.45) is 0. The largest absolute Gasteiger partial charge is 0.328 e. The summed E-state index contributed by atoms with van der Waals surface area (Å²) in [4.78, 5) is 15.1. The van der Waals surface area contributed by atoms with Gasteiger partial charge >= 0.3 is 0 Å². The monoisotopic (exact) mass is 328 g/mol. The third-order valence-electron chi connectivity index (χ3n) is 4.02. The fraction of sp³-hybridized carbons (Fsp3) is 0.333. The van der Waals surface area contributed by atoms with Crippen LogP contribution in [0.15, 0.2) is 47.8 Å². The Kier molecular flexibility index (Phi) is 5.54. The number of likely N-dealkylation sites (N-methyl/N-ethyl adjacent to an activating group) is 1. The molecule has 0 saturated carbocycles. The fourth-order valence-corrected chi connectivity index (χ4v) is 3.14. The van der Waals surface area contributed by atoms with Crippen molar-refractivity contribution in [2.75, 3.05) is 13.6 Å². The highest BCUT2D eigenvalue weighted by molar-refractivity contribution is 7.10. The van der Waals surface area contributed by atoms with E-state index >= 15 is 0 Å². The highest BCUT2D eigenvalue weighted by Gasteiger charge is 2.29. The third-order valence-corrected chi connectivity index (χ3v) is 4.98. The van der Waals surface area contributed by atoms with Gasteiger partial charge in [-0.1, -0.05) is 36.4 Å². The molecule has 0 spiro atoms. The van der Waals surface area contributed by atoms with E-state index in [1.165, 1.54) is 15.3 Å². The van der Waals surface area contributed by atoms with E-state index in [2.05, 4.69) is 24.3 Å². The van der Waals surface area contributed by atoms with Crippen LogP contribution in [-0.4, -0.2) is 29.9 Å². The minimum atomic E-state index is -0.796. The van der Waals surface area contributed by atoms with Crippen LogP contribution in [0.25, 0.3) is 0 Å². The van der Waals surface area contributed by atoms with Crippen molar-refractivity contribution in [3.63, 3.8) is 0 Å². The van der Waals surface area contributed by atoms with Crippen molar-refractivity contribution in [3.8, 4) is 6.07 Å². The number of carbonyl (C=O) groups is 1. The summed E-state index contributed by atoms with van der Waals surface area (Å²) in [5, 5.41) is 13.2. The number of thiophene rings is 1. The van der Waals surface area contributed by atoms with Crippen molar-refractivity contribution >= 4 is 17.2 Å². The van der Waals surface area contributed by atoms with Gasteiger partial charge in [0.15, 0.2) is 6.54 Å². The van der Waals surface area contributed by atoms with Crippen molar-refractivity contribution in [1.29, 1.82) is 5.26 Å². The van der Waals surface area contributed by atoms with E-state index in [4.69, 9.17) is 5.26 Å². The first-order valence-corrected chi connectivity index (χ1v) is 8.43. The molecule has 1 aromatic carbocycles. The van der Waals surface area contributed by atoms with Gasteiger partial charge in [-0.15, -0.1) is 11.3 Å². The molecule has 1 amide bonds. The van der Waals surface area contributed by atoms with Gasteiger partial charge < -0.3 is 10.2 Å². The maximum atomic E-state index is 12.4. The van der Waals surface area contributed by atoms with E-state index in [0.29, 0.717) is 6.54 Å². The molecule has 0 radical (unpaired) electrons. The van der Waals surface area contributed by atoms with E-state index in [1.807, 2.05) is 35.0 Å². The van der Waals surface area contributed by atoms with Crippen LogP contribution in [0, 0.1) is 11.3 Å². The Labute approximate surface area is 141 Å². The molecule has 0 saturated heterocycles. The summed E-state index contributed by atoms with van der Waals surface area (Å²) in [6.45, 7) is 3.80. The molecule has 5 heteroatoms. The highest BCUT2D eigenvalue weighted by atomic mass is 32.1. The quantitative estimate of drug-likeness (QED) is 0.883. The first-order chi connectivity index (χ1) is 11.0. The molecule has 1 heterocycles. The van der Waals surface area contributed by atoms with E-state index in [-0.39, 0.29) is 11.9 Å². The minimum absolute atomic E-state index is 0.0472. The van der Waals surface area contributed by atoms with Gasteiger partial charge in [0.2, 0.25) is 0 Å². The van der Waals surface area contributed by atoms with Crippen molar-refractivity contribution in [3.05, 3.63) is 58.3 Å². The zero-order chi connectivity index (χ0) is 16.9. The topological polar surface area (TPSA) is 60.7 Å². The molecular weight excluding hydrogens is 306 g/mol. The minimum Gasteiger partial charge on any atom is -0.328 e. The first-order valence-electron chi connectivity index (χ1n) is 7.55. The molecule has 2 aromatic rings. The molecule has 0 aliphatic rings. The number of amides is 1. The lowest BCUT2D eigenvalue weighted by Gasteiger charge is -2.29. The van der Waals surface area contributed by atoms with E-state index in [1.54, 1.807) is 32.2 Å². The zero-order valence-corrected chi connectivity index (χ0v) is 14.5. The van der Waals surface area contributed by atoms with Gasteiger partial charge in [0, 0.05) is 12.6 Å². The third kappa shape index (κ3) is 4.19. The van der Waals surface area contributed by atoms with Crippen LogP contribution in [0.5, 0.6) is 0 Å². The Hall–Kier alpha value is -2.16. The van der Waals surface area contributed by atoms with Gasteiger partial charge in [0.25, 0.3) is 5.91 Å². The molecule has 1 atom stereocenters. The number of carbonyl (C=O) groups excluding carboxylic acids is 1.